The molecule has 118 valence electrons. The van der Waals surface area contributed by atoms with Crippen molar-refractivity contribution in [1.82, 2.24) is 4.90 Å². The Morgan fingerprint density at radius 2 is 1.71 bits per heavy atom. The molecule has 0 saturated carbocycles. The average molecular weight is 303 g/mol. The van der Waals surface area contributed by atoms with Gasteiger partial charge in [-0.15, -0.1) is 0 Å². The SMILES string of the molecule is OC(COc1ccc(C(F)(F)F)cc1)CN1CCCCC1. The van der Waals surface area contributed by atoms with Crippen LogP contribution in [0.4, 0.5) is 13.2 Å². The van der Waals surface area contributed by atoms with Gasteiger partial charge in [0.2, 0.25) is 0 Å². The molecule has 0 aromatic heterocycles. The van der Waals surface area contributed by atoms with Gasteiger partial charge in [0.25, 0.3) is 0 Å². The lowest BCUT2D eigenvalue weighted by molar-refractivity contribution is -0.137. The van der Waals surface area contributed by atoms with Crippen LogP contribution in [0.3, 0.4) is 0 Å². The molecular weight excluding hydrogens is 283 g/mol. The number of halogens is 3. The highest BCUT2D eigenvalue weighted by molar-refractivity contribution is 5.28. The second-order valence-corrected chi connectivity index (χ2v) is 5.35. The number of hydrogen-bond acceptors (Lipinski definition) is 3. The van der Waals surface area contributed by atoms with Crippen LogP contribution >= 0.6 is 0 Å². The Kier molecular flexibility index (Phi) is 5.47. The molecule has 0 spiro atoms. The summed E-state index contributed by atoms with van der Waals surface area (Å²) in [7, 11) is 0. The van der Waals surface area contributed by atoms with Crippen LogP contribution in [0, 0.1) is 0 Å². The molecule has 0 bridgehead atoms. The van der Waals surface area contributed by atoms with E-state index in [1.807, 2.05) is 0 Å². The fourth-order valence-corrected chi connectivity index (χ4v) is 2.43. The van der Waals surface area contributed by atoms with Gasteiger partial charge in [0.15, 0.2) is 0 Å². The number of ether oxygens (including phenoxy) is 1. The van der Waals surface area contributed by atoms with Crippen molar-refractivity contribution in [2.45, 2.75) is 31.5 Å². The zero-order chi connectivity index (χ0) is 15.3. The minimum Gasteiger partial charge on any atom is -0.491 e. The van der Waals surface area contributed by atoms with Crippen LogP contribution < -0.4 is 4.74 Å². The first-order valence-electron chi connectivity index (χ1n) is 7.15. The number of aliphatic hydroxyl groups is 1. The van der Waals surface area contributed by atoms with E-state index in [4.69, 9.17) is 4.74 Å². The van der Waals surface area contributed by atoms with E-state index in [9.17, 15) is 18.3 Å². The van der Waals surface area contributed by atoms with Crippen molar-refractivity contribution in [3.05, 3.63) is 29.8 Å². The van der Waals surface area contributed by atoms with E-state index in [2.05, 4.69) is 4.90 Å². The van der Waals surface area contributed by atoms with Gasteiger partial charge in [-0.3, -0.25) is 0 Å². The first-order valence-corrected chi connectivity index (χ1v) is 7.15. The second kappa shape index (κ2) is 7.13. The highest BCUT2D eigenvalue weighted by atomic mass is 19.4. The maximum absolute atomic E-state index is 12.4. The van der Waals surface area contributed by atoms with Gasteiger partial charge in [0, 0.05) is 6.54 Å². The molecule has 21 heavy (non-hydrogen) atoms. The standard InChI is InChI=1S/C15H20F3NO2/c16-15(17,18)12-4-6-14(7-5-12)21-11-13(20)10-19-8-2-1-3-9-19/h4-7,13,20H,1-3,8-11H2. The third-order valence-corrected chi connectivity index (χ3v) is 3.54. The third kappa shape index (κ3) is 5.21. The summed E-state index contributed by atoms with van der Waals surface area (Å²) in [6.45, 7) is 2.59. The van der Waals surface area contributed by atoms with Crippen molar-refractivity contribution in [3.8, 4) is 5.75 Å². The zero-order valence-corrected chi connectivity index (χ0v) is 11.8. The average Bonchev–Trinajstić information content (AvgIpc) is 2.46. The molecule has 1 N–H and O–H groups in total. The van der Waals surface area contributed by atoms with Gasteiger partial charge >= 0.3 is 6.18 Å². The third-order valence-electron chi connectivity index (χ3n) is 3.54. The molecule has 6 heteroatoms. The van der Waals surface area contributed by atoms with Gasteiger partial charge in [0.1, 0.15) is 18.5 Å². The van der Waals surface area contributed by atoms with Gasteiger partial charge in [0.05, 0.1) is 5.56 Å². The van der Waals surface area contributed by atoms with Crippen LogP contribution in [0.5, 0.6) is 5.75 Å². The number of alkyl halides is 3. The van der Waals surface area contributed by atoms with Crippen molar-refractivity contribution in [1.29, 1.82) is 0 Å². The number of nitrogens with zero attached hydrogens (tertiary/aromatic N) is 1. The fraction of sp³-hybridized carbons (Fsp3) is 0.600. The van der Waals surface area contributed by atoms with Crippen LogP contribution in [0.25, 0.3) is 0 Å². The first-order chi connectivity index (χ1) is 9.95. The Hall–Kier alpha value is -1.27. The molecule has 1 saturated heterocycles. The Morgan fingerprint density at radius 1 is 1.10 bits per heavy atom. The summed E-state index contributed by atoms with van der Waals surface area (Å²) in [5.74, 6) is 0.334. The highest BCUT2D eigenvalue weighted by Crippen LogP contribution is 2.30. The van der Waals surface area contributed by atoms with Gasteiger partial charge < -0.3 is 14.7 Å². The molecule has 0 aliphatic carbocycles. The van der Waals surface area contributed by atoms with Crippen molar-refractivity contribution < 1.29 is 23.0 Å². The summed E-state index contributed by atoms with van der Waals surface area (Å²) in [5.41, 5.74) is -0.705. The van der Waals surface area contributed by atoms with E-state index in [1.165, 1.54) is 18.6 Å². The van der Waals surface area contributed by atoms with E-state index in [0.29, 0.717) is 12.3 Å². The molecule has 1 aliphatic heterocycles. The minimum absolute atomic E-state index is 0.0852. The summed E-state index contributed by atoms with van der Waals surface area (Å²) in [4.78, 5) is 2.18. The minimum atomic E-state index is -4.34. The number of aliphatic hydroxyl groups excluding tert-OH is 1. The van der Waals surface area contributed by atoms with Crippen molar-refractivity contribution in [3.63, 3.8) is 0 Å². The van der Waals surface area contributed by atoms with Gasteiger partial charge in [-0.05, 0) is 50.2 Å². The summed E-state index contributed by atoms with van der Waals surface area (Å²) in [6, 6.07) is 4.51. The van der Waals surface area contributed by atoms with Gasteiger partial charge in [-0.25, -0.2) is 0 Å². The van der Waals surface area contributed by atoms with Crippen molar-refractivity contribution in [2.75, 3.05) is 26.2 Å². The smallest absolute Gasteiger partial charge is 0.416 e. The highest BCUT2D eigenvalue weighted by Gasteiger charge is 2.30. The number of hydrogen-bond donors (Lipinski definition) is 1. The lowest BCUT2D eigenvalue weighted by Crippen LogP contribution is -2.38. The quantitative estimate of drug-likeness (QED) is 0.908. The summed E-state index contributed by atoms with van der Waals surface area (Å²) >= 11 is 0. The maximum atomic E-state index is 12.4. The predicted octanol–water partition coefficient (Wildman–Crippen LogP) is 2.93. The molecular formula is C15H20F3NO2. The normalized spacial score (nSPS) is 18.5. The molecule has 0 radical (unpaired) electrons. The Labute approximate surface area is 122 Å². The van der Waals surface area contributed by atoms with Crippen LogP contribution in [-0.4, -0.2) is 42.4 Å². The van der Waals surface area contributed by atoms with Gasteiger partial charge in [-0.1, -0.05) is 6.42 Å². The summed E-state index contributed by atoms with van der Waals surface area (Å²) in [5, 5.41) is 9.90. The topological polar surface area (TPSA) is 32.7 Å². The lowest BCUT2D eigenvalue weighted by Gasteiger charge is -2.28. The Bertz CT molecular complexity index is 428. The van der Waals surface area contributed by atoms with Crippen LogP contribution in [0.2, 0.25) is 0 Å². The molecule has 2 rings (SSSR count). The summed E-state index contributed by atoms with van der Waals surface area (Å²) < 4.78 is 42.6. The molecule has 1 aromatic rings. The molecule has 1 aromatic carbocycles. The number of piperidine rings is 1. The van der Waals surface area contributed by atoms with E-state index >= 15 is 0 Å². The van der Waals surface area contributed by atoms with Crippen LogP contribution in [0.15, 0.2) is 24.3 Å². The molecule has 1 aliphatic rings. The molecule has 3 nitrogen and oxygen atoms in total. The molecule has 1 heterocycles. The van der Waals surface area contributed by atoms with Crippen molar-refractivity contribution >= 4 is 0 Å². The van der Waals surface area contributed by atoms with E-state index in [1.54, 1.807) is 0 Å². The fourth-order valence-electron chi connectivity index (χ4n) is 2.43. The number of likely N-dealkylation sites (tertiary alicyclic amines) is 1. The summed E-state index contributed by atoms with van der Waals surface area (Å²) in [6.07, 6.45) is -1.45. The maximum Gasteiger partial charge on any atom is 0.416 e. The molecule has 1 fully saturated rings. The molecule has 1 atom stereocenters. The monoisotopic (exact) mass is 303 g/mol. The zero-order valence-electron chi connectivity index (χ0n) is 11.8. The largest absolute Gasteiger partial charge is 0.491 e. The first kappa shape index (κ1) is 16.1. The Balaban J connectivity index is 1.76. The predicted molar refractivity (Wildman–Crippen MR) is 73.2 cm³/mol. The van der Waals surface area contributed by atoms with E-state index in [0.717, 1.165) is 38.1 Å². The van der Waals surface area contributed by atoms with Crippen LogP contribution in [0.1, 0.15) is 24.8 Å². The second-order valence-electron chi connectivity index (χ2n) is 5.35. The van der Waals surface area contributed by atoms with Crippen LogP contribution in [-0.2, 0) is 6.18 Å². The van der Waals surface area contributed by atoms with Gasteiger partial charge in [-0.2, -0.15) is 13.2 Å². The Morgan fingerprint density at radius 3 is 2.29 bits per heavy atom. The van der Waals surface area contributed by atoms with Crippen molar-refractivity contribution in [2.24, 2.45) is 0 Å². The molecule has 1 unspecified atom stereocenters. The number of rotatable bonds is 5. The molecule has 0 amide bonds. The number of benzene rings is 1. The lowest BCUT2D eigenvalue weighted by atomic mass is 10.1. The number of β-amino-alcohol motifs (C(OH)–C–C–N with tert-alkyl or cyclic N) is 1. The van der Waals surface area contributed by atoms with E-state index < -0.39 is 17.8 Å². The van der Waals surface area contributed by atoms with E-state index in [-0.39, 0.29) is 6.61 Å².